The Morgan fingerprint density at radius 3 is 2.81 bits per heavy atom. The van der Waals surface area contributed by atoms with Crippen LogP contribution in [0.5, 0.6) is 0 Å². The molecular weight excluding hydrogens is 423 g/mol. The highest BCUT2D eigenvalue weighted by molar-refractivity contribution is 5.88. The molecule has 0 radical (unpaired) electrons. The fourth-order valence-corrected chi connectivity index (χ4v) is 2.50. The van der Waals surface area contributed by atoms with Gasteiger partial charge in [-0.15, -0.1) is 0 Å². The molecule has 0 bridgehead atoms. The molecule has 0 aliphatic rings. The number of carbonyl (C=O) groups excluding carboxylic acids is 1. The number of ether oxygens (including phenoxy) is 1. The minimum Gasteiger partial charge on any atom is -0.449 e. The molecule has 0 saturated heterocycles. The first kappa shape index (κ1) is 21.5. The van der Waals surface area contributed by atoms with Crippen molar-refractivity contribution in [3.05, 3.63) is 63.8 Å². The van der Waals surface area contributed by atoms with Gasteiger partial charge in [0.2, 0.25) is 0 Å². The lowest BCUT2D eigenvalue weighted by molar-refractivity contribution is -0.401. The largest absolute Gasteiger partial charge is 0.449 e. The smallest absolute Gasteiger partial charge is 0.433 e. The number of hydrogen-bond donors (Lipinski definition) is 1. The van der Waals surface area contributed by atoms with Gasteiger partial charge in [-0.25, -0.2) is 14.9 Å². The molecule has 1 aromatic carbocycles. The second-order valence-corrected chi connectivity index (χ2v) is 5.91. The zero-order valence-corrected chi connectivity index (χ0v) is 15.8. The van der Waals surface area contributed by atoms with E-state index in [1.165, 1.54) is 24.4 Å². The van der Waals surface area contributed by atoms with E-state index in [2.05, 4.69) is 20.4 Å². The van der Waals surface area contributed by atoms with Gasteiger partial charge in [-0.05, 0) is 31.2 Å². The van der Waals surface area contributed by atoms with Crippen LogP contribution in [-0.2, 0) is 10.9 Å². The van der Waals surface area contributed by atoms with Crippen molar-refractivity contribution >= 4 is 18.2 Å². The molecule has 1 N–H and O–H groups in total. The molecule has 0 unspecified atom stereocenters. The van der Waals surface area contributed by atoms with Crippen LogP contribution in [0.2, 0.25) is 0 Å². The van der Waals surface area contributed by atoms with E-state index in [1.807, 2.05) is 0 Å². The molecule has 0 spiro atoms. The van der Waals surface area contributed by atoms with Gasteiger partial charge in [-0.3, -0.25) is 10.1 Å². The van der Waals surface area contributed by atoms with E-state index < -0.39 is 28.6 Å². The number of amides is 1. The van der Waals surface area contributed by atoms with E-state index >= 15 is 0 Å². The van der Waals surface area contributed by atoms with Crippen molar-refractivity contribution in [2.24, 2.45) is 5.10 Å². The number of carbonyl (C=O) groups is 1. The molecule has 31 heavy (non-hydrogen) atoms. The first-order chi connectivity index (χ1) is 14.7. The first-order valence-electron chi connectivity index (χ1n) is 8.66. The molecule has 0 fully saturated rings. The fourth-order valence-electron chi connectivity index (χ4n) is 2.50. The molecule has 3 rings (SSSR count). The van der Waals surface area contributed by atoms with Crippen molar-refractivity contribution in [3.63, 3.8) is 0 Å². The van der Waals surface area contributed by atoms with E-state index in [-0.39, 0.29) is 29.3 Å². The molecule has 0 atom stereocenters. The lowest BCUT2D eigenvalue weighted by Gasteiger charge is -2.08. The number of alkyl halides is 3. The van der Waals surface area contributed by atoms with Crippen molar-refractivity contribution in [2.45, 2.75) is 13.1 Å². The summed E-state index contributed by atoms with van der Waals surface area (Å²) < 4.78 is 50.0. The Hall–Kier alpha value is -4.16. The van der Waals surface area contributed by atoms with Crippen LogP contribution in [0, 0.1) is 10.1 Å². The van der Waals surface area contributed by atoms with Gasteiger partial charge < -0.3 is 9.15 Å². The molecule has 0 aliphatic heterocycles. The summed E-state index contributed by atoms with van der Waals surface area (Å²) in [6.07, 6.45) is -2.89. The highest BCUT2D eigenvalue weighted by atomic mass is 19.4. The molecule has 10 nitrogen and oxygen atoms in total. The van der Waals surface area contributed by atoms with Crippen LogP contribution in [0.15, 0.2) is 52.1 Å². The maximum Gasteiger partial charge on any atom is 0.433 e. The van der Waals surface area contributed by atoms with E-state index in [9.17, 15) is 28.1 Å². The lowest BCUT2D eigenvalue weighted by Crippen LogP contribution is -2.18. The predicted octanol–water partition coefficient (Wildman–Crippen LogP) is 4.14. The molecule has 3 aromatic rings. The van der Waals surface area contributed by atoms with Gasteiger partial charge in [0.1, 0.15) is 10.6 Å². The number of halogens is 3. The number of nitrogens with zero attached hydrogens (tertiary/aromatic N) is 4. The quantitative estimate of drug-likeness (QED) is 0.351. The number of rotatable bonds is 6. The molecule has 2 heterocycles. The normalized spacial score (nSPS) is 11.6. The number of aromatic nitrogens is 2. The number of nitro groups is 1. The van der Waals surface area contributed by atoms with E-state index in [0.29, 0.717) is 0 Å². The molecule has 0 saturated carbocycles. The maximum absolute atomic E-state index is 13.0. The minimum absolute atomic E-state index is 0.0185. The summed E-state index contributed by atoms with van der Waals surface area (Å²) >= 11 is 0. The average Bonchev–Trinajstić information content (AvgIpc) is 3.35. The van der Waals surface area contributed by atoms with Gasteiger partial charge in [0, 0.05) is 11.8 Å². The zero-order valence-electron chi connectivity index (χ0n) is 15.8. The Morgan fingerprint density at radius 2 is 2.16 bits per heavy atom. The topological polar surface area (TPSA) is 125 Å². The van der Waals surface area contributed by atoms with Crippen molar-refractivity contribution < 1.29 is 32.0 Å². The SMILES string of the molecule is CCOC(=O)N/N=C/c1cn(-c2cccc(C(F)(F)F)c2)nc1-c1ccc([N+](=O)[O-])o1. The van der Waals surface area contributed by atoms with Crippen molar-refractivity contribution in [2.75, 3.05) is 6.61 Å². The van der Waals surface area contributed by atoms with Crippen LogP contribution in [0.4, 0.5) is 23.8 Å². The van der Waals surface area contributed by atoms with Crippen LogP contribution in [-0.4, -0.2) is 33.6 Å². The van der Waals surface area contributed by atoms with Gasteiger partial charge in [-0.2, -0.15) is 23.4 Å². The summed E-state index contributed by atoms with van der Waals surface area (Å²) in [5.74, 6) is -0.564. The Labute approximate surface area is 172 Å². The fraction of sp³-hybridized carbons (Fsp3) is 0.167. The second-order valence-electron chi connectivity index (χ2n) is 5.91. The van der Waals surface area contributed by atoms with Crippen LogP contribution >= 0.6 is 0 Å². The summed E-state index contributed by atoms with van der Waals surface area (Å²) in [4.78, 5) is 21.5. The Bertz CT molecular complexity index is 1140. The van der Waals surface area contributed by atoms with Gasteiger partial charge in [0.15, 0.2) is 5.76 Å². The van der Waals surface area contributed by atoms with Crippen LogP contribution in [0.25, 0.3) is 17.1 Å². The molecule has 2 aromatic heterocycles. The first-order valence-corrected chi connectivity index (χ1v) is 8.66. The second kappa shape index (κ2) is 8.69. The molecule has 0 aliphatic carbocycles. The standard InChI is InChI=1S/C18H14F3N5O5/c1-2-30-17(27)23-22-9-11-10-25(13-5-3-4-12(8-13)18(19,20)21)24-16(11)14-6-7-15(31-14)26(28)29/h3-10H,2H2,1H3,(H,23,27)/b22-9+. The highest BCUT2D eigenvalue weighted by Crippen LogP contribution is 2.31. The van der Waals surface area contributed by atoms with Gasteiger partial charge in [0.05, 0.1) is 30.1 Å². The number of benzene rings is 1. The third-order valence-electron chi connectivity index (χ3n) is 3.82. The zero-order chi connectivity index (χ0) is 22.6. The number of hydrogen-bond acceptors (Lipinski definition) is 7. The summed E-state index contributed by atoms with van der Waals surface area (Å²) in [5.41, 5.74) is 1.56. The highest BCUT2D eigenvalue weighted by Gasteiger charge is 2.30. The Morgan fingerprint density at radius 1 is 1.39 bits per heavy atom. The monoisotopic (exact) mass is 437 g/mol. The van der Waals surface area contributed by atoms with Crippen molar-refractivity contribution in [3.8, 4) is 17.1 Å². The van der Waals surface area contributed by atoms with Crippen LogP contribution < -0.4 is 5.43 Å². The molecular formula is C18H14F3N5O5. The van der Waals surface area contributed by atoms with Crippen LogP contribution in [0.1, 0.15) is 18.1 Å². The lowest BCUT2D eigenvalue weighted by atomic mass is 10.2. The summed E-state index contributed by atoms with van der Waals surface area (Å²) in [5, 5.41) is 18.8. The van der Waals surface area contributed by atoms with E-state index in [4.69, 9.17) is 4.42 Å². The summed E-state index contributed by atoms with van der Waals surface area (Å²) in [7, 11) is 0. The van der Waals surface area contributed by atoms with Crippen LogP contribution in [0.3, 0.4) is 0 Å². The minimum atomic E-state index is -4.55. The molecule has 1 amide bonds. The number of nitrogens with one attached hydrogen (secondary N) is 1. The Balaban J connectivity index is 2.02. The molecule has 13 heteroatoms. The maximum atomic E-state index is 13.0. The Kier molecular flexibility index (Phi) is 6.04. The van der Waals surface area contributed by atoms with Gasteiger partial charge in [0.25, 0.3) is 0 Å². The van der Waals surface area contributed by atoms with E-state index in [0.717, 1.165) is 29.1 Å². The van der Waals surface area contributed by atoms with Crippen molar-refractivity contribution in [1.82, 2.24) is 15.2 Å². The summed E-state index contributed by atoms with van der Waals surface area (Å²) in [6.45, 7) is 1.72. The van der Waals surface area contributed by atoms with Gasteiger partial charge >= 0.3 is 18.2 Å². The third kappa shape index (κ3) is 5.07. The predicted molar refractivity (Wildman–Crippen MR) is 101 cm³/mol. The van der Waals surface area contributed by atoms with Gasteiger partial charge in [-0.1, -0.05) is 6.07 Å². The average molecular weight is 437 g/mol. The summed E-state index contributed by atoms with van der Waals surface area (Å²) in [6, 6.07) is 6.81. The van der Waals surface area contributed by atoms with Crippen molar-refractivity contribution in [1.29, 1.82) is 0 Å². The van der Waals surface area contributed by atoms with E-state index in [1.54, 1.807) is 6.92 Å². The number of hydrazone groups is 1. The molecule has 162 valence electrons. The third-order valence-corrected chi connectivity index (χ3v) is 3.82. The number of furan rings is 1.